The first-order valence-electron chi connectivity index (χ1n) is 5.61. The molecular weight excluding hydrogens is 270 g/mol. The summed E-state index contributed by atoms with van der Waals surface area (Å²) in [4.78, 5) is 4.29. The van der Waals surface area contributed by atoms with Gasteiger partial charge in [0.1, 0.15) is 11.5 Å². The molecule has 96 valence electrons. The van der Waals surface area contributed by atoms with Gasteiger partial charge in [-0.15, -0.1) is 0 Å². The lowest BCUT2D eigenvalue weighted by Gasteiger charge is -2.06. The van der Waals surface area contributed by atoms with Crippen molar-refractivity contribution in [1.29, 1.82) is 0 Å². The van der Waals surface area contributed by atoms with E-state index in [9.17, 15) is 0 Å². The Morgan fingerprint density at radius 3 is 2.78 bits per heavy atom. The zero-order valence-corrected chi connectivity index (χ0v) is 11.8. The number of aromatic nitrogens is 1. The molecule has 0 bridgehead atoms. The number of benzene rings is 1. The fourth-order valence-electron chi connectivity index (χ4n) is 1.35. The number of ether oxygens (including phenoxy) is 1. The average Bonchev–Trinajstić information content (AvgIpc) is 2.66. The van der Waals surface area contributed by atoms with Gasteiger partial charge >= 0.3 is 0 Å². The molecule has 0 amide bonds. The minimum atomic E-state index is 0.564. The third kappa shape index (κ3) is 3.43. The van der Waals surface area contributed by atoms with E-state index in [4.69, 9.17) is 20.8 Å². The molecule has 1 heterocycles. The molecule has 0 atom stereocenters. The number of para-hydroxylation sites is 1. The molecule has 0 radical (unpaired) electrons. The number of hydrogen-bond acceptors (Lipinski definition) is 4. The van der Waals surface area contributed by atoms with Crippen LogP contribution in [0.5, 0.6) is 5.75 Å². The number of thioether (sulfide) groups is 1. The summed E-state index contributed by atoms with van der Waals surface area (Å²) in [6.07, 6.45) is 0. The number of halogens is 1. The summed E-state index contributed by atoms with van der Waals surface area (Å²) in [7, 11) is 0. The Balaban J connectivity index is 1.78. The van der Waals surface area contributed by atoms with Gasteiger partial charge < -0.3 is 9.15 Å². The van der Waals surface area contributed by atoms with Gasteiger partial charge in [0.15, 0.2) is 0 Å². The molecule has 2 rings (SSSR count). The van der Waals surface area contributed by atoms with Gasteiger partial charge in [0, 0.05) is 5.75 Å². The van der Waals surface area contributed by atoms with Crippen molar-refractivity contribution in [1.82, 2.24) is 4.98 Å². The average molecular weight is 284 g/mol. The van der Waals surface area contributed by atoms with Crippen LogP contribution in [-0.2, 0) is 0 Å². The van der Waals surface area contributed by atoms with Crippen LogP contribution in [-0.4, -0.2) is 17.3 Å². The fraction of sp³-hybridized carbons (Fsp3) is 0.308. The minimum Gasteiger partial charge on any atom is -0.491 e. The van der Waals surface area contributed by atoms with Gasteiger partial charge in [-0.2, -0.15) is 0 Å². The van der Waals surface area contributed by atoms with Gasteiger partial charge in [-0.1, -0.05) is 35.5 Å². The quantitative estimate of drug-likeness (QED) is 0.611. The zero-order valence-electron chi connectivity index (χ0n) is 10.3. The van der Waals surface area contributed by atoms with Crippen LogP contribution in [0.1, 0.15) is 11.5 Å². The Hall–Kier alpha value is -1.13. The first-order valence-corrected chi connectivity index (χ1v) is 6.97. The summed E-state index contributed by atoms with van der Waals surface area (Å²) < 4.78 is 11.0. The molecule has 1 aromatic carbocycles. The van der Waals surface area contributed by atoms with E-state index in [0.717, 1.165) is 17.2 Å². The maximum atomic E-state index is 5.98. The van der Waals surface area contributed by atoms with E-state index >= 15 is 0 Å². The SMILES string of the molecule is Cc1nc(SCCOc2ccccc2Cl)oc1C. The molecule has 2 aromatic rings. The standard InChI is InChI=1S/C13H14ClNO2S/c1-9-10(2)17-13(15-9)18-8-7-16-12-6-4-3-5-11(12)14/h3-6H,7-8H2,1-2H3. The molecule has 5 heteroatoms. The Bertz CT molecular complexity index is 508. The van der Waals surface area contributed by atoms with E-state index in [1.165, 1.54) is 11.8 Å². The highest BCUT2D eigenvalue weighted by atomic mass is 35.5. The lowest BCUT2D eigenvalue weighted by Crippen LogP contribution is -2.00. The van der Waals surface area contributed by atoms with Crippen LogP contribution in [0.2, 0.25) is 5.02 Å². The summed E-state index contributed by atoms with van der Waals surface area (Å²) in [6, 6.07) is 7.44. The van der Waals surface area contributed by atoms with Gasteiger partial charge in [-0.3, -0.25) is 0 Å². The van der Waals surface area contributed by atoms with E-state index < -0.39 is 0 Å². The maximum Gasteiger partial charge on any atom is 0.256 e. The Morgan fingerprint density at radius 1 is 1.33 bits per heavy atom. The first-order chi connectivity index (χ1) is 8.66. The Morgan fingerprint density at radius 2 is 2.11 bits per heavy atom. The topological polar surface area (TPSA) is 35.3 Å². The molecule has 0 fully saturated rings. The molecule has 3 nitrogen and oxygen atoms in total. The van der Waals surface area contributed by atoms with Crippen LogP contribution in [0, 0.1) is 13.8 Å². The highest BCUT2D eigenvalue weighted by Gasteiger charge is 2.06. The van der Waals surface area contributed by atoms with Gasteiger partial charge in [0.2, 0.25) is 0 Å². The van der Waals surface area contributed by atoms with Gasteiger partial charge in [-0.05, 0) is 26.0 Å². The minimum absolute atomic E-state index is 0.564. The third-order valence-electron chi connectivity index (χ3n) is 2.41. The summed E-state index contributed by atoms with van der Waals surface area (Å²) in [5.41, 5.74) is 0.935. The second kappa shape index (κ2) is 6.16. The van der Waals surface area contributed by atoms with Gasteiger partial charge in [0.25, 0.3) is 5.22 Å². The second-order valence-electron chi connectivity index (χ2n) is 3.75. The highest BCUT2D eigenvalue weighted by Crippen LogP contribution is 2.24. The zero-order chi connectivity index (χ0) is 13.0. The molecule has 0 aliphatic carbocycles. The number of rotatable bonds is 5. The van der Waals surface area contributed by atoms with Crippen molar-refractivity contribution in [2.75, 3.05) is 12.4 Å². The molecule has 0 aliphatic heterocycles. The predicted molar refractivity (Wildman–Crippen MR) is 73.6 cm³/mol. The summed E-state index contributed by atoms with van der Waals surface area (Å²) in [6.45, 7) is 4.41. The van der Waals surface area contributed by atoms with Crippen LogP contribution in [0.3, 0.4) is 0 Å². The molecule has 0 aliphatic rings. The molecule has 0 spiro atoms. The largest absolute Gasteiger partial charge is 0.491 e. The monoisotopic (exact) mass is 283 g/mol. The van der Waals surface area contributed by atoms with Crippen LogP contribution in [0.4, 0.5) is 0 Å². The molecular formula is C13H14ClNO2S. The van der Waals surface area contributed by atoms with Crippen molar-refractivity contribution in [3.63, 3.8) is 0 Å². The third-order valence-corrected chi connectivity index (χ3v) is 3.52. The highest BCUT2D eigenvalue weighted by molar-refractivity contribution is 7.99. The van der Waals surface area contributed by atoms with Crippen molar-refractivity contribution in [3.8, 4) is 5.75 Å². The Labute approximate surface area is 116 Å². The molecule has 0 N–H and O–H groups in total. The van der Waals surface area contributed by atoms with Crippen molar-refractivity contribution in [2.45, 2.75) is 19.1 Å². The number of nitrogens with zero attached hydrogens (tertiary/aromatic N) is 1. The van der Waals surface area contributed by atoms with E-state index in [1.54, 1.807) is 0 Å². The molecule has 0 saturated heterocycles. The van der Waals surface area contributed by atoms with Crippen LogP contribution < -0.4 is 4.74 Å². The number of hydrogen-bond donors (Lipinski definition) is 0. The van der Waals surface area contributed by atoms with Gasteiger partial charge in [-0.25, -0.2) is 4.98 Å². The van der Waals surface area contributed by atoms with Crippen molar-refractivity contribution < 1.29 is 9.15 Å². The van der Waals surface area contributed by atoms with E-state index in [2.05, 4.69) is 4.98 Å². The lowest BCUT2D eigenvalue weighted by atomic mass is 10.3. The normalized spacial score (nSPS) is 10.6. The molecule has 0 unspecified atom stereocenters. The summed E-state index contributed by atoms with van der Waals surface area (Å²) >= 11 is 7.52. The van der Waals surface area contributed by atoms with Crippen molar-refractivity contribution >= 4 is 23.4 Å². The summed E-state index contributed by atoms with van der Waals surface area (Å²) in [5.74, 6) is 2.34. The van der Waals surface area contributed by atoms with E-state index in [-0.39, 0.29) is 0 Å². The number of oxazole rings is 1. The molecule has 18 heavy (non-hydrogen) atoms. The van der Waals surface area contributed by atoms with E-state index in [0.29, 0.717) is 22.6 Å². The van der Waals surface area contributed by atoms with Gasteiger partial charge in [0.05, 0.1) is 17.3 Å². The maximum absolute atomic E-state index is 5.98. The van der Waals surface area contributed by atoms with Crippen LogP contribution in [0.25, 0.3) is 0 Å². The lowest BCUT2D eigenvalue weighted by molar-refractivity contribution is 0.343. The Kier molecular flexibility index (Phi) is 4.55. The van der Waals surface area contributed by atoms with Crippen molar-refractivity contribution in [3.05, 3.63) is 40.7 Å². The van der Waals surface area contributed by atoms with Crippen LogP contribution in [0.15, 0.2) is 33.9 Å². The second-order valence-corrected chi connectivity index (χ2v) is 5.20. The number of aryl methyl sites for hydroxylation is 2. The van der Waals surface area contributed by atoms with Crippen LogP contribution >= 0.6 is 23.4 Å². The smallest absolute Gasteiger partial charge is 0.256 e. The van der Waals surface area contributed by atoms with Crippen molar-refractivity contribution in [2.24, 2.45) is 0 Å². The summed E-state index contributed by atoms with van der Waals surface area (Å²) in [5, 5.41) is 1.32. The molecule has 1 aromatic heterocycles. The first kappa shape index (κ1) is 13.3. The molecule has 0 saturated carbocycles. The van der Waals surface area contributed by atoms with E-state index in [1.807, 2.05) is 38.1 Å². The fourth-order valence-corrected chi connectivity index (χ4v) is 2.26. The predicted octanol–water partition coefficient (Wildman–Crippen LogP) is 4.12.